The van der Waals surface area contributed by atoms with Gasteiger partial charge in [-0.3, -0.25) is 0 Å². The number of nitrogens with one attached hydrogen (secondary N) is 1. The summed E-state index contributed by atoms with van der Waals surface area (Å²) in [5, 5.41) is 6.45. The normalized spacial score (nSPS) is 15.3. The molecule has 3 heteroatoms. The van der Waals surface area contributed by atoms with Crippen LogP contribution >= 0.6 is 11.3 Å². The minimum atomic E-state index is 0.887. The smallest absolute Gasteiger partial charge is 0.0548 e. The maximum atomic E-state index is 5.79. The maximum absolute atomic E-state index is 5.79. The fourth-order valence-electron chi connectivity index (χ4n) is 1.30. The highest BCUT2D eigenvalue weighted by molar-refractivity contribution is 7.07. The molecule has 0 unspecified atom stereocenters. The van der Waals surface area contributed by atoms with Gasteiger partial charge in [-0.05, 0) is 24.8 Å². The highest BCUT2D eigenvalue weighted by Gasteiger charge is 1.96. The highest BCUT2D eigenvalue weighted by Crippen LogP contribution is 1.94. The molecule has 0 amide bonds. The zero-order valence-corrected chi connectivity index (χ0v) is 9.16. The second kappa shape index (κ2) is 4.33. The molecule has 0 aliphatic heterocycles. The van der Waals surface area contributed by atoms with Crippen LogP contribution in [-0.2, 0) is 0 Å². The molecule has 0 spiro atoms. The van der Waals surface area contributed by atoms with Gasteiger partial charge in [-0.25, -0.2) is 0 Å². The summed E-state index contributed by atoms with van der Waals surface area (Å²) in [6.45, 7) is 4.08. The van der Waals surface area contributed by atoms with E-state index in [9.17, 15) is 0 Å². The molecule has 0 saturated carbocycles. The van der Waals surface area contributed by atoms with E-state index in [1.54, 1.807) is 11.3 Å². The molecule has 0 bridgehead atoms. The van der Waals surface area contributed by atoms with Crippen LogP contribution in [0.1, 0.15) is 20.3 Å². The first-order valence-corrected chi connectivity index (χ1v) is 5.29. The summed E-state index contributed by atoms with van der Waals surface area (Å²) in [5.41, 5.74) is 7.93. The predicted octanol–water partition coefficient (Wildman–Crippen LogP) is 0.573. The van der Waals surface area contributed by atoms with Crippen molar-refractivity contribution in [2.45, 2.75) is 20.3 Å². The Morgan fingerprint density at radius 3 is 2.77 bits per heavy atom. The molecule has 2 nitrogen and oxygen atoms in total. The Kier molecular flexibility index (Phi) is 3.37. The van der Waals surface area contributed by atoms with Gasteiger partial charge in [0.1, 0.15) is 0 Å². The monoisotopic (exact) mass is 196 g/mol. The van der Waals surface area contributed by atoms with Crippen molar-refractivity contribution < 1.29 is 0 Å². The second-order valence-corrected chi connectivity index (χ2v) is 3.84. The van der Waals surface area contributed by atoms with Crippen molar-refractivity contribution >= 4 is 22.7 Å². The van der Waals surface area contributed by atoms with E-state index in [2.05, 4.69) is 23.7 Å². The lowest BCUT2D eigenvalue weighted by atomic mass is 10.3. The number of hydrogen-bond donors (Lipinski definition) is 2. The van der Waals surface area contributed by atoms with Crippen LogP contribution < -0.4 is 20.8 Å². The van der Waals surface area contributed by atoms with Crippen LogP contribution in [0.25, 0.3) is 11.4 Å². The van der Waals surface area contributed by atoms with Gasteiger partial charge in [0.25, 0.3) is 0 Å². The maximum Gasteiger partial charge on any atom is 0.0548 e. The van der Waals surface area contributed by atoms with Gasteiger partial charge in [-0.15, -0.1) is 11.3 Å². The van der Waals surface area contributed by atoms with Gasteiger partial charge in [-0.2, -0.15) is 0 Å². The molecule has 0 radical (unpaired) electrons. The topological polar surface area (TPSA) is 38.0 Å². The summed E-state index contributed by atoms with van der Waals surface area (Å²) in [7, 11) is 1.95. The number of hydrogen-bond acceptors (Lipinski definition) is 3. The number of nitrogens with two attached hydrogens (primary N) is 1. The van der Waals surface area contributed by atoms with Crippen molar-refractivity contribution in [3.8, 4) is 0 Å². The lowest BCUT2D eigenvalue weighted by molar-refractivity contribution is 1.02. The van der Waals surface area contributed by atoms with E-state index >= 15 is 0 Å². The molecule has 0 aliphatic rings. The molecule has 1 aromatic heterocycles. The average molecular weight is 196 g/mol. The number of thiophene rings is 1. The summed E-state index contributed by atoms with van der Waals surface area (Å²) in [6.07, 6.45) is 1.01. The van der Waals surface area contributed by atoms with E-state index in [1.165, 1.54) is 10.2 Å². The summed E-state index contributed by atoms with van der Waals surface area (Å²) in [6, 6.07) is 2.07. The van der Waals surface area contributed by atoms with Crippen LogP contribution in [0, 0.1) is 0 Å². The minimum absolute atomic E-state index is 0.887. The lowest BCUT2D eigenvalue weighted by Crippen LogP contribution is -2.29. The van der Waals surface area contributed by atoms with Crippen molar-refractivity contribution in [3.63, 3.8) is 0 Å². The lowest BCUT2D eigenvalue weighted by Gasteiger charge is -2.00. The number of rotatable bonds is 2. The van der Waals surface area contributed by atoms with Crippen LogP contribution in [0.2, 0.25) is 0 Å². The third kappa shape index (κ3) is 2.04. The zero-order valence-electron chi connectivity index (χ0n) is 8.35. The molecule has 0 saturated heterocycles. The Balaban J connectivity index is 3.54. The molecule has 72 valence electrons. The minimum Gasteiger partial charge on any atom is -0.402 e. The Labute approximate surface area is 82.8 Å². The van der Waals surface area contributed by atoms with E-state index < -0.39 is 0 Å². The summed E-state index contributed by atoms with van der Waals surface area (Å²) in [5.74, 6) is 0. The third-order valence-electron chi connectivity index (χ3n) is 2.02. The van der Waals surface area contributed by atoms with E-state index in [-0.39, 0.29) is 0 Å². The van der Waals surface area contributed by atoms with Crippen LogP contribution in [0.4, 0.5) is 0 Å². The molecule has 0 fully saturated rings. The molecule has 0 aliphatic carbocycles. The molecule has 3 N–H and O–H groups in total. The highest BCUT2D eigenvalue weighted by atomic mass is 32.1. The molecular formula is C10H16N2S. The Hall–Kier alpha value is -0.960. The quantitative estimate of drug-likeness (QED) is 0.726. The van der Waals surface area contributed by atoms with E-state index in [0.29, 0.717) is 0 Å². The van der Waals surface area contributed by atoms with Gasteiger partial charge in [0, 0.05) is 23.7 Å². The standard InChI is InChI=1S/C10H16N2S/c1-4-9(12-3)10-8(7(2)11)5-6-13-10/h5-6,12H,4,11H2,1-3H3/b8-7-,10-9+. The zero-order chi connectivity index (χ0) is 9.84. The van der Waals surface area contributed by atoms with Crippen molar-refractivity contribution in [3.05, 3.63) is 21.2 Å². The summed E-state index contributed by atoms with van der Waals surface area (Å²) < 4.78 is 1.27. The van der Waals surface area contributed by atoms with Crippen LogP contribution in [0.15, 0.2) is 11.4 Å². The molecule has 0 aromatic carbocycles. The van der Waals surface area contributed by atoms with Crippen molar-refractivity contribution in [1.29, 1.82) is 0 Å². The van der Waals surface area contributed by atoms with Crippen LogP contribution in [0.3, 0.4) is 0 Å². The van der Waals surface area contributed by atoms with E-state index in [4.69, 9.17) is 5.73 Å². The molecule has 13 heavy (non-hydrogen) atoms. The molecule has 0 atom stereocenters. The predicted molar refractivity (Wildman–Crippen MR) is 59.6 cm³/mol. The van der Waals surface area contributed by atoms with Gasteiger partial charge >= 0.3 is 0 Å². The SMILES string of the molecule is CC/C(NC)=c1\scc\c1=C(/C)N. The molecule has 1 heterocycles. The van der Waals surface area contributed by atoms with Crippen molar-refractivity contribution in [2.24, 2.45) is 5.73 Å². The first-order valence-electron chi connectivity index (χ1n) is 4.41. The van der Waals surface area contributed by atoms with E-state index in [0.717, 1.165) is 17.3 Å². The van der Waals surface area contributed by atoms with Gasteiger partial charge in [0.15, 0.2) is 0 Å². The van der Waals surface area contributed by atoms with Crippen LogP contribution in [0.5, 0.6) is 0 Å². The van der Waals surface area contributed by atoms with Gasteiger partial charge in [0.05, 0.1) is 4.53 Å². The van der Waals surface area contributed by atoms with Gasteiger partial charge in [0.2, 0.25) is 0 Å². The Morgan fingerprint density at radius 1 is 1.62 bits per heavy atom. The van der Waals surface area contributed by atoms with Gasteiger partial charge < -0.3 is 11.1 Å². The van der Waals surface area contributed by atoms with E-state index in [1.807, 2.05) is 14.0 Å². The van der Waals surface area contributed by atoms with Crippen molar-refractivity contribution in [2.75, 3.05) is 7.05 Å². The molecular weight excluding hydrogens is 180 g/mol. The average Bonchev–Trinajstić information content (AvgIpc) is 2.55. The third-order valence-corrected chi connectivity index (χ3v) is 2.99. The first-order chi connectivity index (χ1) is 6.20. The summed E-state index contributed by atoms with van der Waals surface area (Å²) >= 11 is 1.73. The fraction of sp³-hybridized carbons (Fsp3) is 0.400. The van der Waals surface area contributed by atoms with Crippen molar-refractivity contribution in [1.82, 2.24) is 5.32 Å². The summed E-state index contributed by atoms with van der Waals surface area (Å²) in [4.78, 5) is 0. The Morgan fingerprint density at radius 2 is 2.31 bits per heavy atom. The fourth-order valence-corrected chi connectivity index (χ4v) is 2.39. The van der Waals surface area contributed by atoms with Gasteiger partial charge in [-0.1, -0.05) is 6.92 Å². The second-order valence-electron chi connectivity index (χ2n) is 2.93. The molecule has 1 rings (SSSR count). The largest absolute Gasteiger partial charge is 0.402 e. The Bertz CT molecular complexity index is 379. The first kappa shape index (κ1) is 10.1. The molecule has 1 aromatic rings. The van der Waals surface area contributed by atoms with Crippen LogP contribution in [-0.4, -0.2) is 7.05 Å².